The molecule has 2 heterocycles. The lowest BCUT2D eigenvalue weighted by Crippen LogP contribution is -2.18. The van der Waals surface area contributed by atoms with E-state index in [1.165, 1.54) is 12.8 Å². The molecule has 0 bridgehead atoms. The van der Waals surface area contributed by atoms with Crippen molar-refractivity contribution in [1.29, 1.82) is 0 Å². The van der Waals surface area contributed by atoms with E-state index in [4.69, 9.17) is 4.74 Å². The predicted octanol–water partition coefficient (Wildman–Crippen LogP) is 2.61. The Morgan fingerprint density at radius 2 is 2.21 bits per heavy atom. The maximum atomic E-state index is 12.3. The first kappa shape index (κ1) is 13.2. The molecule has 0 unspecified atom stereocenters. The Bertz CT molecular complexity index is 655. The van der Waals surface area contributed by atoms with E-state index in [1.807, 2.05) is 25.4 Å². The smallest absolute Gasteiger partial charge is 0.261 e. The summed E-state index contributed by atoms with van der Waals surface area (Å²) < 4.78 is 10.6. The molecule has 0 amide bonds. The van der Waals surface area contributed by atoms with E-state index in [0.717, 1.165) is 27.6 Å². The van der Waals surface area contributed by atoms with Gasteiger partial charge in [-0.3, -0.25) is 4.79 Å². The molecule has 1 fully saturated rings. The van der Waals surface area contributed by atoms with Crippen molar-refractivity contribution in [3.05, 3.63) is 32.4 Å². The van der Waals surface area contributed by atoms with Crippen LogP contribution in [0.3, 0.4) is 0 Å². The van der Waals surface area contributed by atoms with Gasteiger partial charge in [0.05, 0.1) is 23.6 Å². The summed E-state index contributed by atoms with van der Waals surface area (Å²) in [6, 6.07) is 2.03. The van der Waals surface area contributed by atoms with Gasteiger partial charge in [0.2, 0.25) is 0 Å². The van der Waals surface area contributed by atoms with Crippen molar-refractivity contribution in [2.75, 3.05) is 6.61 Å². The summed E-state index contributed by atoms with van der Waals surface area (Å²) in [5.41, 5.74) is 1.12. The van der Waals surface area contributed by atoms with Crippen LogP contribution in [0, 0.1) is 3.57 Å². The molecule has 0 saturated heterocycles. The van der Waals surface area contributed by atoms with E-state index in [2.05, 4.69) is 27.2 Å². The number of pyridine rings is 1. The number of aryl methyl sites for hydroxylation is 1. The number of aromatic nitrogens is 2. The maximum absolute atomic E-state index is 12.3. The number of halogens is 1. The third-order valence-corrected chi connectivity index (χ3v) is 4.33. The molecule has 1 aliphatic rings. The van der Waals surface area contributed by atoms with Gasteiger partial charge in [0.25, 0.3) is 5.56 Å². The first-order valence-corrected chi connectivity index (χ1v) is 7.78. The summed E-state index contributed by atoms with van der Waals surface area (Å²) in [7, 11) is 0. The van der Waals surface area contributed by atoms with Crippen molar-refractivity contribution in [2.45, 2.75) is 39.0 Å². The Morgan fingerprint density at radius 1 is 1.42 bits per heavy atom. The van der Waals surface area contributed by atoms with E-state index in [-0.39, 0.29) is 5.56 Å². The monoisotopic (exact) mass is 372 g/mol. The molecule has 0 radical (unpaired) electrons. The normalized spacial score (nSPS) is 15.3. The molecular formula is C14H17IN2O2. The Labute approximate surface area is 125 Å². The van der Waals surface area contributed by atoms with Crippen LogP contribution in [0.25, 0.3) is 10.9 Å². The second kappa shape index (κ2) is 5.28. The van der Waals surface area contributed by atoms with Gasteiger partial charge < -0.3 is 13.9 Å². The highest BCUT2D eigenvalue weighted by Crippen LogP contribution is 2.24. The van der Waals surface area contributed by atoms with Gasteiger partial charge >= 0.3 is 0 Å². The van der Waals surface area contributed by atoms with Gasteiger partial charge in [-0.15, -0.1) is 0 Å². The van der Waals surface area contributed by atoms with Crippen molar-refractivity contribution in [3.63, 3.8) is 0 Å². The highest BCUT2D eigenvalue weighted by atomic mass is 127. The van der Waals surface area contributed by atoms with E-state index in [0.29, 0.717) is 12.6 Å². The minimum atomic E-state index is 0.103. The Hall–Kier alpha value is -0.820. The molecule has 2 aromatic heterocycles. The third kappa shape index (κ3) is 2.58. The average molecular weight is 372 g/mol. The quantitative estimate of drug-likeness (QED) is 0.757. The topological polar surface area (TPSA) is 36.2 Å². The van der Waals surface area contributed by atoms with Crippen molar-refractivity contribution in [3.8, 4) is 0 Å². The molecule has 1 aliphatic carbocycles. The first-order valence-electron chi connectivity index (χ1n) is 6.70. The average Bonchev–Trinajstić information content (AvgIpc) is 3.15. The number of fused-ring (bicyclic) bond motifs is 1. The summed E-state index contributed by atoms with van der Waals surface area (Å²) in [4.78, 5) is 12.3. The lowest BCUT2D eigenvalue weighted by atomic mass is 10.3. The van der Waals surface area contributed by atoms with Crippen LogP contribution in [0.1, 0.15) is 19.8 Å². The van der Waals surface area contributed by atoms with E-state index in [9.17, 15) is 4.79 Å². The zero-order chi connectivity index (χ0) is 13.4. The molecule has 0 N–H and O–H groups in total. The largest absolute Gasteiger partial charge is 0.376 e. The summed E-state index contributed by atoms with van der Waals surface area (Å²) in [5.74, 6) is 0. The molecule has 0 aromatic carbocycles. The fourth-order valence-electron chi connectivity index (χ4n) is 2.29. The number of nitrogens with zero attached hydrogens (tertiary/aromatic N) is 2. The molecule has 0 spiro atoms. The summed E-state index contributed by atoms with van der Waals surface area (Å²) in [6.45, 7) is 4.23. The maximum Gasteiger partial charge on any atom is 0.261 e. The molecule has 102 valence electrons. The van der Waals surface area contributed by atoms with Gasteiger partial charge in [0.1, 0.15) is 0 Å². The van der Waals surface area contributed by atoms with Crippen LogP contribution >= 0.6 is 22.6 Å². The van der Waals surface area contributed by atoms with Crippen LogP contribution in [0.5, 0.6) is 0 Å². The summed E-state index contributed by atoms with van der Waals surface area (Å²) in [5, 5.41) is 0.830. The molecule has 0 atom stereocenters. The van der Waals surface area contributed by atoms with Gasteiger partial charge in [-0.1, -0.05) is 0 Å². The number of hydrogen-bond acceptors (Lipinski definition) is 2. The minimum Gasteiger partial charge on any atom is -0.376 e. The Balaban J connectivity index is 1.92. The molecular weight excluding hydrogens is 355 g/mol. The van der Waals surface area contributed by atoms with Crippen molar-refractivity contribution in [2.24, 2.45) is 0 Å². The molecule has 1 saturated carbocycles. The number of hydrogen-bond donors (Lipinski definition) is 0. The van der Waals surface area contributed by atoms with Gasteiger partial charge in [0, 0.05) is 29.1 Å². The van der Waals surface area contributed by atoms with Crippen LogP contribution in [0.4, 0.5) is 0 Å². The molecule has 3 rings (SSSR count). The molecule has 2 aromatic rings. The van der Waals surface area contributed by atoms with Gasteiger partial charge in [-0.2, -0.15) is 0 Å². The molecule has 19 heavy (non-hydrogen) atoms. The summed E-state index contributed by atoms with van der Waals surface area (Å²) in [6.07, 6.45) is 6.80. The van der Waals surface area contributed by atoms with Crippen molar-refractivity contribution >= 4 is 33.5 Å². The lowest BCUT2D eigenvalue weighted by molar-refractivity contribution is 0.113. The highest BCUT2D eigenvalue weighted by Gasteiger charge is 2.21. The van der Waals surface area contributed by atoms with Crippen molar-refractivity contribution in [1.82, 2.24) is 9.13 Å². The zero-order valence-corrected chi connectivity index (χ0v) is 13.1. The zero-order valence-electron chi connectivity index (χ0n) is 10.9. The Kier molecular flexibility index (Phi) is 3.66. The second-order valence-electron chi connectivity index (χ2n) is 4.91. The minimum absolute atomic E-state index is 0.103. The van der Waals surface area contributed by atoms with Crippen molar-refractivity contribution < 1.29 is 4.74 Å². The molecule has 5 heteroatoms. The SMILES string of the molecule is CCn1ccc2c(c(I)cn2CCOC2CC2)c1=O. The van der Waals surface area contributed by atoms with Gasteiger partial charge in [0.15, 0.2) is 0 Å². The summed E-state index contributed by atoms with van der Waals surface area (Å²) >= 11 is 2.24. The van der Waals surface area contributed by atoms with E-state index < -0.39 is 0 Å². The fourth-order valence-corrected chi connectivity index (χ4v) is 3.13. The van der Waals surface area contributed by atoms with Gasteiger partial charge in [-0.25, -0.2) is 0 Å². The Morgan fingerprint density at radius 3 is 2.89 bits per heavy atom. The predicted molar refractivity (Wildman–Crippen MR) is 83.6 cm³/mol. The number of ether oxygens (including phenoxy) is 1. The fraction of sp³-hybridized carbons (Fsp3) is 0.500. The third-order valence-electron chi connectivity index (χ3n) is 3.51. The number of rotatable bonds is 5. The first-order chi connectivity index (χ1) is 9.20. The molecule has 0 aliphatic heterocycles. The van der Waals surface area contributed by atoms with Crippen LogP contribution in [-0.4, -0.2) is 21.8 Å². The van der Waals surface area contributed by atoms with Crippen LogP contribution in [-0.2, 0) is 17.8 Å². The second-order valence-corrected chi connectivity index (χ2v) is 6.07. The van der Waals surface area contributed by atoms with E-state index >= 15 is 0 Å². The highest BCUT2D eigenvalue weighted by molar-refractivity contribution is 14.1. The van der Waals surface area contributed by atoms with Crippen LogP contribution in [0.15, 0.2) is 23.3 Å². The molecule has 4 nitrogen and oxygen atoms in total. The van der Waals surface area contributed by atoms with Crippen LogP contribution in [0.2, 0.25) is 0 Å². The van der Waals surface area contributed by atoms with Crippen LogP contribution < -0.4 is 5.56 Å². The van der Waals surface area contributed by atoms with E-state index in [1.54, 1.807) is 4.57 Å². The lowest BCUT2D eigenvalue weighted by Gasteiger charge is -2.07. The van der Waals surface area contributed by atoms with Gasteiger partial charge in [-0.05, 0) is 48.4 Å². The standard InChI is InChI=1S/C14H17IN2O2/c1-2-16-6-5-12-13(14(16)18)11(15)9-17(12)7-8-19-10-3-4-10/h5-6,9-10H,2-4,7-8H2,1H3.